The van der Waals surface area contributed by atoms with Gasteiger partial charge in [-0.05, 0) is 12.1 Å². The largest absolute Gasteiger partial charge is 0.442 e. The van der Waals surface area contributed by atoms with Crippen LogP contribution in [0.25, 0.3) is 0 Å². The number of rotatable bonds is 3. The van der Waals surface area contributed by atoms with Crippen LogP contribution in [0.1, 0.15) is 6.92 Å². The average Bonchev–Trinajstić information content (AvgIpc) is 2.69. The summed E-state index contributed by atoms with van der Waals surface area (Å²) in [5.41, 5.74) is 0. The molecule has 1 N–H and O–H groups in total. The van der Waals surface area contributed by atoms with Gasteiger partial charge in [0.15, 0.2) is 0 Å². The van der Waals surface area contributed by atoms with Crippen molar-refractivity contribution in [3.8, 4) is 0 Å². The van der Waals surface area contributed by atoms with E-state index in [1.807, 2.05) is 0 Å². The smallest absolute Gasteiger partial charge is 0.416 e. The van der Waals surface area contributed by atoms with Gasteiger partial charge in [0.1, 0.15) is 11.9 Å². The molecule has 2 rings (SSSR count). The van der Waals surface area contributed by atoms with E-state index in [2.05, 4.69) is 10.3 Å². The summed E-state index contributed by atoms with van der Waals surface area (Å²) in [5, 5.41) is 2.62. The van der Waals surface area contributed by atoms with Gasteiger partial charge >= 0.3 is 6.09 Å². The number of cyclic esters (lactones) is 1. The molecule has 2 amide bonds. The third-order valence-electron chi connectivity index (χ3n) is 2.38. The lowest BCUT2D eigenvalue weighted by molar-refractivity contribution is -0.119. The number of ether oxygens (including phenoxy) is 1. The van der Waals surface area contributed by atoms with E-state index in [0.717, 1.165) is 0 Å². The van der Waals surface area contributed by atoms with Crippen molar-refractivity contribution in [1.82, 2.24) is 10.3 Å². The van der Waals surface area contributed by atoms with Crippen molar-refractivity contribution in [2.45, 2.75) is 13.0 Å². The molecular weight excluding hydrogens is 222 g/mol. The van der Waals surface area contributed by atoms with E-state index >= 15 is 0 Å². The summed E-state index contributed by atoms with van der Waals surface area (Å²) in [6, 6.07) is 5.32. The van der Waals surface area contributed by atoms with Crippen LogP contribution < -0.4 is 10.2 Å². The van der Waals surface area contributed by atoms with Crippen molar-refractivity contribution < 1.29 is 14.3 Å². The molecule has 0 radical (unpaired) electrons. The van der Waals surface area contributed by atoms with Crippen LogP contribution in [0.5, 0.6) is 0 Å². The summed E-state index contributed by atoms with van der Waals surface area (Å²) in [5.74, 6) is 0.417. The minimum atomic E-state index is -0.431. The van der Waals surface area contributed by atoms with E-state index in [-0.39, 0.29) is 12.0 Å². The molecule has 1 aromatic rings. The summed E-state index contributed by atoms with van der Waals surface area (Å²) in [6.45, 7) is 2.15. The van der Waals surface area contributed by atoms with Crippen molar-refractivity contribution >= 4 is 17.8 Å². The number of pyridine rings is 1. The Hall–Kier alpha value is -2.11. The van der Waals surface area contributed by atoms with Crippen LogP contribution in [0.4, 0.5) is 10.6 Å². The molecule has 1 fully saturated rings. The van der Waals surface area contributed by atoms with E-state index in [0.29, 0.717) is 18.9 Å². The monoisotopic (exact) mass is 235 g/mol. The van der Waals surface area contributed by atoms with Crippen LogP contribution in [0.2, 0.25) is 0 Å². The normalized spacial score (nSPS) is 19.0. The van der Waals surface area contributed by atoms with Crippen molar-refractivity contribution in [2.24, 2.45) is 0 Å². The number of carbonyl (C=O) groups excluding carboxylic acids is 2. The summed E-state index contributed by atoms with van der Waals surface area (Å²) >= 11 is 0. The second-order valence-corrected chi connectivity index (χ2v) is 3.74. The van der Waals surface area contributed by atoms with E-state index < -0.39 is 6.09 Å². The lowest BCUT2D eigenvalue weighted by Crippen LogP contribution is -2.33. The van der Waals surface area contributed by atoms with Gasteiger partial charge in [-0.1, -0.05) is 6.07 Å². The van der Waals surface area contributed by atoms with Crippen molar-refractivity contribution in [3.63, 3.8) is 0 Å². The zero-order valence-electron chi connectivity index (χ0n) is 9.42. The van der Waals surface area contributed by atoms with Crippen LogP contribution in [0.3, 0.4) is 0 Å². The Morgan fingerprint density at radius 3 is 3.12 bits per heavy atom. The maximum atomic E-state index is 11.6. The maximum absolute atomic E-state index is 11.6. The minimum Gasteiger partial charge on any atom is -0.442 e. The molecule has 0 aromatic carbocycles. The molecular formula is C11H13N3O3. The van der Waals surface area contributed by atoms with Crippen LogP contribution in [-0.4, -0.2) is 36.2 Å². The molecule has 1 aliphatic rings. The fourth-order valence-electron chi connectivity index (χ4n) is 1.59. The Kier molecular flexibility index (Phi) is 3.22. The number of aromatic nitrogens is 1. The number of nitrogens with one attached hydrogen (secondary N) is 1. The lowest BCUT2D eigenvalue weighted by atomic mass is 10.3. The summed E-state index contributed by atoms with van der Waals surface area (Å²) in [7, 11) is 0. The minimum absolute atomic E-state index is 0.141. The highest BCUT2D eigenvalue weighted by Gasteiger charge is 2.32. The molecule has 0 aliphatic carbocycles. The Bertz CT molecular complexity index is 421. The van der Waals surface area contributed by atoms with E-state index in [1.165, 1.54) is 11.8 Å². The molecule has 17 heavy (non-hydrogen) atoms. The lowest BCUT2D eigenvalue weighted by Gasteiger charge is -2.11. The molecule has 1 aromatic heterocycles. The van der Waals surface area contributed by atoms with Crippen molar-refractivity contribution in [3.05, 3.63) is 24.4 Å². The van der Waals surface area contributed by atoms with Crippen LogP contribution in [0, 0.1) is 0 Å². The predicted octanol–water partition coefficient (Wildman–Crippen LogP) is 0.543. The molecule has 2 heterocycles. The fraction of sp³-hybridized carbons (Fsp3) is 0.364. The molecule has 0 spiro atoms. The highest BCUT2D eigenvalue weighted by molar-refractivity contribution is 5.88. The predicted molar refractivity (Wildman–Crippen MR) is 60.5 cm³/mol. The second-order valence-electron chi connectivity index (χ2n) is 3.74. The highest BCUT2D eigenvalue weighted by atomic mass is 16.6. The number of hydrogen-bond acceptors (Lipinski definition) is 4. The molecule has 0 saturated carbocycles. The number of carbonyl (C=O) groups is 2. The molecule has 1 unspecified atom stereocenters. The SMILES string of the molecule is CC(=O)NCC1CN(c2ccccn2)C(=O)O1. The molecule has 90 valence electrons. The first-order chi connectivity index (χ1) is 8.16. The molecule has 1 aliphatic heterocycles. The Labute approximate surface area is 98.6 Å². The van der Waals surface area contributed by atoms with Gasteiger partial charge in [0.2, 0.25) is 5.91 Å². The standard InChI is InChI=1S/C11H13N3O3/c1-8(15)13-6-9-7-14(11(16)17-9)10-4-2-3-5-12-10/h2-5,9H,6-7H2,1H3,(H,13,15). The number of anilines is 1. The van der Waals surface area contributed by atoms with Gasteiger partial charge in [-0.2, -0.15) is 0 Å². The fourth-order valence-corrected chi connectivity index (χ4v) is 1.59. The van der Waals surface area contributed by atoms with Crippen LogP contribution >= 0.6 is 0 Å². The van der Waals surface area contributed by atoms with Crippen molar-refractivity contribution in [1.29, 1.82) is 0 Å². The topological polar surface area (TPSA) is 71.5 Å². The maximum Gasteiger partial charge on any atom is 0.416 e. The molecule has 1 atom stereocenters. The molecule has 6 heteroatoms. The molecule has 6 nitrogen and oxygen atoms in total. The van der Waals surface area contributed by atoms with Gasteiger partial charge in [0.05, 0.1) is 13.1 Å². The Balaban J connectivity index is 1.98. The van der Waals surface area contributed by atoms with E-state index in [1.54, 1.807) is 24.4 Å². The quantitative estimate of drug-likeness (QED) is 0.830. The highest BCUT2D eigenvalue weighted by Crippen LogP contribution is 2.18. The Morgan fingerprint density at radius 2 is 2.47 bits per heavy atom. The first kappa shape index (κ1) is 11.4. The summed E-state index contributed by atoms with van der Waals surface area (Å²) < 4.78 is 5.11. The number of nitrogens with zero attached hydrogens (tertiary/aromatic N) is 2. The third-order valence-corrected chi connectivity index (χ3v) is 2.38. The summed E-state index contributed by atoms with van der Waals surface area (Å²) in [6.07, 6.45) is 0.858. The van der Waals surface area contributed by atoms with Crippen molar-refractivity contribution in [2.75, 3.05) is 18.0 Å². The first-order valence-corrected chi connectivity index (χ1v) is 5.30. The Morgan fingerprint density at radius 1 is 1.65 bits per heavy atom. The van der Waals surface area contributed by atoms with E-state index in [9.17, 15) is 9.59 Å². The number of hydrogen-bond donors (Lipinski definition) is 1. The van der Waals surface area contributed by atoms with Gasteiger partial charge in [0, 0.05) is 13.1 Å². The average molecular weight is 235 g/mol. The van der Waals surface area contributed by atoms with Gasteiger partial charge in [0.25, 0.3) is 0 Å². The third kappa shape index (κ3) is 2.72. The second kappa shape index (κ2) is 4.82. The van der Waals surface area contributed by atoms with Crippen LogP contribution in [0.15, 0.2) is 24.4 Å². The summed E-state index contributed by atoms with van der Waals surface area (Å²) in [4.78, 5) is 27.9. The molecule has 0 bridgehead atoms. The van der Waals surface area contributed by atoms with Gasteiger partial charge in [-0.15, -0.1) is 0 Å². The van der Waals surface area contributed by atoms with Gasteiger partial charge in [-0.3, -0.25) is 9.69 Å². The first-order valence-electron chi connectivity index (χ1n) is 5.30. The molecule has 1 saturated heterocycles. The van der Waals surface area contributed by atoms with Gasteiger partial charge < -0.3 is 10.1 Å². The van der Waals surface area contributed by atoms with Gasteiger partial charge in [-0.25, -0.2) is 9.78 Å². The zero-order valence-corrected chi connectivity index (χ0v) is 9.42. The number of amides is 2. The zero-order chi connectivity index (χ0) is 12.3. The van der Waals surface area contributed by atoms with Crippen LogP contribution in [-0.2, 0) is 9.53 Å². The van der Waals surface area contributed by atoms with E-state index in [4.69, 9.17) is 4.74 Å².